The van der Waals surface area contributed by atoms with E-state index in [1.165, 1.54) is 11.3 Å². The SMILES string of the molecule is CCn1nc(C)c(Cn2ccnc2-c2cnc(N(C)C)s2)c1C. The molecule has 7 heteroatoms. The van der Waals surface area contributed by atoms with Crippen LogP contribution in [0.4, 0.5) is 5.13 Å². The second kappa shape index (κ2) is 6.16. The molecule has 0 fully saturated rings. The molecule has 0 amide bonds. The number of aryl methyl sites for hydroxylation is 2. The van der Waals surface area contributed by atoms with Gasteiger partial charge in [0.25, 0.3) is 0 Å². The maximum absolute atomic E-state index is 4.61. The highest BCUT2D eigenvalue weighted by molar-refractivity contribution is 7.18. The van der Waals surface area contributed by atoms with Crippen LogP contribution in [-0.4, -0.2) is 38.4 Å². The fourth-order valence-electron chi connectivity index (χ4n) is 2.68. The number of imidazole rings is 1. The van der Waals surface area contributed by atoms with Crippen LogP contribution >= 0.6 is 11.3 Å². The molecular formula is C16H22N6S. The Labute approximate surface area is 140 Å². The van der Waals surface area contributed by atoms with Crippen molar-refractivity contribution >= 4 is 16.5 Å². The summed E-state index contributed by atoms with van der Waals surface area (Å²) in [6.45, 7) is 7.99. The van der Waals surface area contributed by atoms with Crippen LogP contribution in [-0.2, 0) is 13.1 Å². The number of rotatable bonds is 5. The Bertz CT molecular complexity index is 811. The molecule has 0 aliphatic heterocycles. The van der Waals surface area contributed by atoms with Crippen LogP contribution < -0.4 is 4.90 Å². The maximum atomic E-state index is 4.61. The first-order chi connectivity index (χ1) is 11.0. The van der Waals surface area contributed by atoms with E-state index in [2.05, 4.69) is 45.1 Å². The summed E-state index contributed by atoms with van der Waals surface area (Å²) in [4.78, 5) is 12.1. The Morgan fingerprint density at radius 3 is 2.61 bits per heavy atom. The minimum absolute atomic E-state index is 0.780. The molecule has 6 nitrogen and oxygen atoms in total. The van der Waals surface area contributed by atoms with Crippen LogP contribution in [0.3, 0.4) is 0 Å². The van der Waals surface area contributed by atoms with Gasteiger partial charge in [-0.2, -0.15) is 5.10 Å². The van der Waals surface area contributed by atoms with Gasteiger partial charge in [-0.15, -0.1) is 0 Å². The molecular weight excluding hydrogens is 308 g/mol. The van der Waals surface area contributed by atoms with Crippen molar-refractivity contribution in [3.05, 3.63) is 35.5 Å². The summed E-state index contributed by atoms with van der Waals surface area (Å²) in [7, 11) is 4.00. The van der Waals surface area contributed by atoms with Gasteiger partial charge in [-0.1, -0.05) is 11.3 Å². The van der Waals surface area contributed by atoms with Gasteiger partial charge in [0.05, 0.1) is 23.3 Å². The molecule has 3 aromatic rings. The van der Waals surface area contributed by atoms with Crippen molar-refractivity contribution in [1.82, 2.24) is 24.3 Å². The third-order valence-electron chi connectivity index (χ3n) is 3.97. The average Bonchev–Trinajstić information content (AvgIpc) is 3.21. The molecule has 3 aromatic heterocycles. The Balaban J connectivity index is 1.94. The first kappa shape index (κ1) is 15.7. The third-order valence-corrected chi connectivity index (χ3v) is 5.13. The smallest absolute Gasteiger partial charge is 0.185 e. The van der Waals surface area contributed by atoms with Gasteiger partial charge in [-0.05, 0) is 20.8 Å². The highest BCUT2D eigenvalue weighted by atomic mass is 32.1. The van der Waals surface area contributed by atoms with Crippen molar-refractivity contribution in [2.75, 3.05) is 19.0 Å². The Morgan fingerprint density at radius 1 is 1.22 bits per heavy atom. The van der Waals surface area contributed by atoms with E-state index in [1.54, 1.807) is 11.3 Å². The van der Waals surface area contributed by atoms with Gasteiger partial charge in [-0.25, -0.2) is 9.97 Å². The predicted molar refractivity (Wildman–Crippen MR) is 94.1 cm³/mol. The third kappa shape index (κ3) is 2.88. The second-order valence-electron chi connectivity index (χ2n) is 5.75. The summed E-state index contributed by atoms with van der Waals surface area (Å²) in [5.41, 5.74) is 3.58. The highest BCUT2D eigenvalue weighted by Gasteiger charge is 2.15. The fraction of sp³-hybridized carbons (Fsp3) is 0.438. The standard InChI is InChI=1S/C16H22N6S/c1-6-22-12(3)13(11(2)19-22)10-21-8-7-17-15(21)14-9-18-16(23-14)20(4)5/h7-9H,6,10H2,1-5H3. The lowest BCUT2D eigenvalue weighted by Crippen LogP contribution is -2.07. The van der Waals surface area contributed by atoms with E-state index >= 15 is 0 Å². The molecule has 122 valence electrons. The lowest BCUT2D eigenvalue weighted by molar-refractivity contribution is 0.632. The second-order valence-corrected chi connectivity index (χ2v) is 6.75. The minimum Gasteiger partial charge on any atom is -0.354 e. The number of hydrogen-bond acceptors (Lipinski definition) is 5. The number of aromatic nitrogens is 5. The van der Waals surface area contributed by atoms with Crippen LogP contribution in [0.2, 0.25) is 0 Å². The molecule has 23 heavy (non-hydrogen) atoms. The van der Waals surface area contributed by atoms with Crippen LogP contribution in [0, 0.1) is 13.8 Å². The molecule has 0 unspecified atom stereocenters. The molecule has 0 aromatic carbocycles. The Kier molecular flexibility index (Phi) is 4.21. The van der Waals surface area contributed by atoms with E-state index in [9.17, 15) is 0 Å². The van der Waals surface area contributed by atoms with Gasteiger partial charge in [0.15, 0.2) is 11.0 Å². The van der Waals surface area contributed by atoms with E-state index < -0.39 is 0 Å². The molecule has 3 rings (SSSR count). The van der Waals surface area contributed by atoms with Gasteiger partial charge < -0.3 is 9.47 Å². The van der Waals surface area contributed by atoms with Crippen molar-refractivity contribution in [1.29, 1.82) is 0 Å². The molecule has 0 aliphatic rings. The predicted octanol–water partition coefficient (Wildman–Crippen LogP) is 2.95. The van der Waals surface area contributed by atoms with Crippen LogP contribution in [0.15, 0.2) is 18.6 Å². The van der Waals surface area contributed by atoms with Crippen molar-refractivity contribution in [2.24, 2.45) is 0 Å². The quantitative estimate of drug-likeness (QED) is 0.722. The number of anilines is 1. The average molecular weight is 330 g/mol. The maximum Gasteiger partial charge on any atom is 0.185 e. The first-order valence-corrected chi connectivity index (χ1v) is 8.50. The van der Waals surface area contributed by atoms with Crippen LogP contribution in [0.25, 0.3) is 10.7 Å². The van der Waals surface area contributed by atoms with Crippen molar-refractivity contribution in [3.8, 4) is 10.7 Å². The summed E-state index contributed by atoms with van der Waals surface area (Å²) in [5, 5.41) is 5.59. The summed E-state index contributed by atoms with van der Waals surface area (Å²) in [5.74, 6) is 0.957. The molecule has 0 aliphatic carbocycles. The van der Waals surface area contributed by atoms with Crippen molar-refractivity contribution in [2.45, 2.75) is 33.9 Å². The summed E-state index contributed by atoms with van der Waals surface area (Å²) in [6.07, 6.45) is 5.76. The topological polar surface area (TPSA) is 51.8 Å². The number of hydrogen-bond donors (Lipinski definition) is 0. The highest BCUT2D eigenvalue weighted by Crippen LogP contribution is 2.29. The molecule has 0 bridgehead atoms. The largest absolute Gasteiger partial charge is 0.354 e. The van der Waals surface area contributed by atoms with E-state index in [0.29, 0.717) is 0 Å². The van der Waals surface area contributed by atoms with Gasteiger partial charge in [0.2, 0.25) is 0 Å². The van der Waals surface area contributed by atoms with Crippen LogP contribution in [0.1, 0.15) is 23.9 Å². The zero-order chi connectivity index (χ0) is 16.6. The van der Waals surface area contributed by atoms with E-state index in [0.717, 1.165) is 34.6 Å². The van der Waals surface area contributed by atoms with Gasteiger partial charge in [0.1, 0.15) is 0 Å². The molecule has 0 atom stereocenters. The lowest BCUT2D eigenvalue weighted by atomic mass is 10.2. The molecule has 3 heterocycles. The van der Waals surface area contributed by atoms with E-state index in [4.69, 9.17) is 0 Å². The molecule has 0 N–H and O–H groups in total. The summed E-state index contributed by atoms with van der Waals surface area (Å²) in [6, 6.07) is 0. The van der Waals surface area contributed by atoms with Gasteiger partial charge in [-0.3, -0.25) is 4.68 Å². The Hall–Kier alpha value is -2.15. The zero-order valence-electron chi connectivity index (χ0n) is 14.2. The molecule has 0 spiro atoms. The van der Waals surface area contributed by atoms with Gasteiger partial charge in [0, 0.05) is 44.3 Å². The van der Waals surface area contributed by atoms with Crippen molar-refractivity contribution < 1.29 is 0 Å². The summed E-state index contributed by atoms with van der Waals surface area (Å²) >= 11 is 1.65. The first-order valence-electron chi connectivity index (χ1n) is 7.68. The molecule has 0 saturated heterocycles. The summed E-state index contributed by atoms with van der Waals surface area (Å²) < 4.78 is 4.22. The zero-order valence-corrected chi connectivity index (χ0v) is 15.1. The fourth-order valence-corrected chi connectivity index (χ4v) is 3.53. The number of thiazole rings is 1. The lowest BCUT2D eigenvalue weighted by Gasteiger charge is -2.08. The van der Waals surface area contributed by atoms with E-state index in [1.807, 2.05) is 37.6 Å². The van der Waals surface area contributed by atoms with Crippen molar-refractivity contribution in [3.63, 3.8) is 0 Å². The van der Waals surface area contributed by atoms with E-state index in [-0.39, 0.29) is 0 Å². The monoisotopic (exact) mass is 330 g/mol. The van der Waals surface area contributed by atoms with Crippen LogP contribution in [0.5, 0.6) is 0 Å². The molecule has 0 saturated carbocycles. The number of nitrogens with zero attached hydrogens (tertiary/aromatic N) is 6. The minimum atomic E-state index is 0.780. The Morgan fingerprint density at radius 2 is 2.00 bits per heavy atom. The molecule has 0 radical (unpaired) electrons. The normalized spacial score (nSPS) is 11.2. The van der Waals surface area contributed by atoms with Gasteiger partial charge >= 0.3 is 0 Å².